The summed E-state index contributed by atoms with van der Waals surface area (Å²) in [6.45, 7) is 6.09. The molecule has 1 aromatic heterocycles. The van der Waals surface area contributed by atoms with E-state index in [-0.39, 0.29) is 6.03 Å². The van der Waals surface area contributed by atoms with E-state index < -0.39 is 0 Å². The van der Waals surface area contributed by atoms with Crippen molar-refractivity contribution in [2.75, 3.05) is 5.32 Å². The van der Waals surface area contributed by atoms with Gasteiger partial charge in [-0.15, -0.1) is 0 Å². The molecule has 0 spiro atoms. The highest BCUT2D eigenvalue weighted by atomic mass is 16.2. The summed E-state index contributed by atoms with van der Waals surface area (Å²) >= 11 is 0. The third kappa shape index (κ3) is 2.52. The number of aromatic nitrogens is 2. The quantitative estimate of drug-likeness (QED) is 0.730. The molecule has 0 aliphatic heterocycles. The van der Waals surface area contributed by atoms with E-state index in [1.807, 2.05) is 57.2 Å². The predicted octanol–water partition coefficient (Wildman–Crippen LogP) is 4.04. The van der Waals surface area contributed by atoms with Crippen LogP contribution in [-0.2, 0) is 0 Å². The number of carbonyl (C=O) groups is 1. The lowest BCUT2D eigenvalue weighted by Crippen LogP contribution is -2.20. The number of anilines is 1. The Bertz CT molecular complexity index is 833. The van der Waals surface area contributed by atoms with Crippen molar-refractivity contribution in [3.63, 3.8) is 0 Å². The van der Waals surface area contributed by atoms with Crippen molar-refractivity contribution >= 4 is 22.6 Å². The second-order valence-electron chi connectivity index (χ2n) is 5.35. The van der Waals surface area contributed by atoms with Crippen LogP contribution in [0.1, 0.15) is 16.7 Å². The van der Waals surface area contributed by atoms with E-state index in [4.69, 9.17) is 0 Å². The van der Waals surface area contributed by atoms with Gasteiger partial charge in [0.2, 0.25) is 0 Å². The monoisotopic (exact) mass is 279 g/mol. The van der Waals surface area contributed by atoms with Crippen LogP contribution in [-0.4, -0.2) is 15.8 Å². The summed E-state index contributed by atoms with van der Waals surface area (Å²) in [5.74, 6) is 0. The third-order valence-electron chi connectivity index (χ3n) is 3.67. The largest absolute Gasteiger partial charge is 0.347 e. The van der Waals surface area contributed by atoms with Gasteiger partial charge in [0.05, 0.1) is 11.7 Å². The number of nitrogens with zero attached hydrogens (tertiary/aromatic N) is 2. The molecule has 0 fully saturated rings. The Labute approximate surface area is 123 Å². The Balaban J connectivity index is 1.91. The molecule has 1 amide bonds. The molecule has 0 saturated heterocycles. The van der Waals surface area contributed by atoms with Gasteiger partial charge in [0.25, 0.3) is 0 Å². The maximum absolute atomic E-state index is 12.4. The molecule has 0 unspecified atom stereocenters. The number of nitrogens with one attached hydrogen (secondary N) is 1. The van der Waals surface area contributed by atoms with Crippen LogP contribution in [0.4, 0.5) is 10.5 Å². The second-order valence-corrected chi connectivity index (χ2v) is 5.35. The maximum Gasteiger partial charge on any atom is 0.347 e. The van der Waals surface area contributed by atoms with Crippen molar-refractivity contribution in [2.24, 2.45) is 0 Å². The minimum absolute atomic E-state index is 0.253. The van der Waals surface area contributed by atoms with E-state index in [1.54, 1.807) is 6.20 Å². The molecule has 4 nitrogen and oxygen atoms in total. The van der Waals surface area contributed by atoms with Crippen LogP contribution < -0.4 is 5.32 Å². The van der Waals surface area contributed by atoms with Crippen molar-refractivity contribution < 1.29 is 4.79 Å². The van der Waals surface area contributed by atoms with E-state index in [1.165, 1.54) is 10.2 Å². The zero-order valence-electron chi connectivity index (χ0n) is 12.3. The van der Waals surface area contributed by atoms with Gasteiger partial charge in [-0.05, 0) is 56.2 Å². The highest BCUT2D eigenvalue weighted by Crippen LogP contribution is 2.17. The van der Waals surface area contributed by atoms with E-state index in [0.29, 0.717) is 0 Å². The van der Waals surface area contributed by atoms with Crippen LogP contribution in [0, 0.1) is 20.8 Å². The van der Waals surface area contributed by atoms with Crippen molar-refractivity contribution in [2.45, 2.75) is 20.8 Å². The number of carbonyl (C=O) groups excluding carboxylic acids is 1. The normalized spacial score (nSPS) is 10.8. The van der Waals surface area contributed by atoms with Gasteiger partial charge in [-0.3, -0.25) is 0 Å². The number of aryl methyl sites for hydroxylation is 3. The van der Waals surface area contributed by atoms with Crippen molar-refractivity contribution in [3.05, 3.63) is 59.3 Å². The summed E-state index contributed by atoms with van der Waals surface area (Å²) in [5.41, 5.74) is 5.08. The number of amides is 1. The molecule has 1 N–H and O–H groups in total. The minimum Gasteiger partial charge on any atom is -0.306 e. The summed E-state index contributed by atoms with van der Waals surface area (Å²) in [5, 5.41) is 8.02. The van der Waals surface area contributed by atoms with Gasteiger partial charge in [0, 0.05) is 11.1 Å². The first kappa shape index (κ1) is 13.4. The van der Waals surface area contributed by atoms with Crippen LogP contribution in [0.3, 0.4) is 0 Å². The molecule has 0 radical (unpaired) electrons. The van der Waals surface area contributed by atoms with Gasteiger partial charge in [-0.1, -0.05) is 17.7 Å². The van der Waals surface area contributed by atoms with Gasteiger partial charge in [-0.2, -0.15) is 9.78 Å². The molecule has 0 aliphatic rings. The molecule has 0 atom stereocenters. The highest BCUT2D eigenvalue weighted by Gasteiger charge is 2.11. The zero-order chi connectivity index (χ0) is 15.0. The van der Waals surface area contributed by atoms with E-state index in [0.717, 1.165) is 27.7 Å². The molecule has 0 bridgehead atoms. The lowest BCUT2D eigenvalue weighted by Gasteiger charge is -2.08. The smallest absolute Gasteiger partial charge is 0.306 e. The van der Waals surface area contributed by atoms with E-state index >= 15 is 0 Å². The Kier molecular flexibility index (Phi) is 3.22. The van der Waals surface area contributed by atoms with E-state index in [2.05, 4.69) is 10.4 Å². The molecule has 2 aromatic carbocycles. The fourth-order valence-electron chi connectivity index (χ4n) is 2.31. The topological polar surface area (TPSA) is 46.9 Å². The first-order valence-electron chi connectivity index (χ1n) is 6.87. The van der Waals surface area contributed by atoms with Gasteiger partial charge >= 0.3 is 6.03 Å². The van der Waals surface area contributed by atoms with Crippen molar-refractivity contribution in [3.8, 4) is 0 Å². The summed E-state index contributed by atoms with van der Waals surface area (Å²) in [6, 6.07) is 11.5. The molecule has 3 aromatic rings. The number of hydrogen-bond acceptors (Lipinski definition) is 2. The van der Waals surface area contributed by atoms with Gasteiger partial charge in [0.1, 0.15) is 0 Å². The van der Waals surface area contributed by atoms with Gasteiger partial charge in [0.15, 0.2) is 0 Å². The summed E-state index contributed by atoms with van der Waals surface area (Å²) in [7, 11) is 0. The maximum atomic E-state index is 12.4. The molecule has 106 valence electrons. The first-order valence-corrected chi connectivity index (χ1v) is 6.87. The number of fused-ring (bicyclic) bond motifs is 1. The summed E-state index contributed by atoms with van der Waals surface area (Å²) < 4.78 is 1.39. The molecule has 3 rings (SSSR count). The Morgan fingerprint density at radius 3 is 2.62 bits per heavy atom. The van der Waals surface area contributed by atoms with Crippen LogP contribution in [0.25, 0.3) is 10.9 Å². The Morgan fingerprint density at radius 1 is 1.05 bits per heavy atom. The fourth-order valence-corrected chi connectivity index (χ4v) is 2.31. The van der Waals surface area contributed by atoms with E-state index in [9.17, 15) is 4.79 Å². The Morgan fingerprint density at radius 2 is 1.86 bits per heavy atom. The standard InChI is InChI=1S/C17H17N3O/c1-11-4-7-16-14(8-11)10-18-20(16)17(21)19-15-6-5-12(2)13(3)9-15/h4-10H,1-3H3,(H,19,21). The summed E-state index contributed by atoms with van der Waals surface area (Å²) in [4.78, 5) is 12.4. The molecule has 21 heavy (non-hydrogen) atoms. The average Bonchev–Trinajstić information content (AvgIpc) is 2.85. The molecule has 1 heterocycles. The predicted molar refractivity (Wildman–Crippen MR) is 84.8 cm³/mol. The zero-order valence-corrected chi connectivity index (χ0v) is 12.3. The van der Waals surface area contributed by atoms with Crippen molar-refractivity contribution in [1.29, 1.82) is 0 Å². The SMILES string of the molecule is Cc1ccc2c(cnn2C(=O)Nc2ccc(C)c(C)c2)c1. The molecule has 4 heteroatoms. The van der Waals surface area contributed by atoms with Crippen LogP contribution in [0.15, 0.2) is 42.6 Å². The lowest BCUT2D eigenvalue weighted by atomic mass is 10.1. The number of rotatable bonds is 1. The fraction of sp³-hybridized carbons (Fsp3) is 0.176. The number of hydrogen-bond donors (Lipinski definition) is 1. The first-order chi connectivity index (χ1) is 10.0. The molecular weight excluding hydrogens is 262 g/mol. The minimum atomic E-state index is -0.253. The molecule has 0 saturated carbocycles. The molecular formula is C17H17N3O. The molecule has 0 aliphatic carbocycles. The van der Waals surface area contributed by atoms with Crippen LogP contribution in [0.5, 0.6) is 0 Å². The van der Waals surface area contributed by atoms with Crippen LogP contribution in [0.2, 0.25) is 0 Å². The second kappa shape index (κ2) is 5.05. The average molecular weight is 279 g/mol. The Hall–Kier alpha value is -2.62. The van der Waals surface area contributed by atoms with Gasteiger partial charge in [-0.25, -0.2) is 4.79 Å². The van der Waals surface area contributed by atoms with Gasteiger partial charge < -0.3 is 5.32 Å². The van der Waals surface area contributed by atoms with Crippen LogP contribution >= 0.6 is 0 Å². The number of benzene rings is 2. The lowest BCUT2D eigenvalue weighted by molar-refractivity contribution is 0.252. The summed E-state index contributed by atoms with van der Waals surface area (Å²) in [6.07, 6.45) is 1.71. The highest BCUT2D eigenvalue weighted by molar-refractivity contribution is 5.97. The van der Waals surface area contributed by atoms with Crippen molar-refractivity contribution in [1.82, 2.24) is 9.78 Å². The third-order valence-corrected chi connectivity index (χ3v) is 3.67.